The first-order valence-corrected chi connectivity index (χ1v) is 9.10. The van der Waals surface area contributed by atoms with Crippen LogP contribution >= 0.6 is 0 Å². The Balaban J connectivity index is 1.38. The van der Waals surface area contributed by atoms with E-state index < -0.39 is 11.0 Å². The van der Waals surface area contributed by atoms with Gasteiger partial charge in [0.15, 0.2) is 5.76 Å². The lowest BCUT2D eigenvalue weighted by Crippen LogP contribution is -2.51. The highest BCUT2D eigenvalue weighted by Gasteiger charge is 2.27. The highest BCUT2D eigenvalue weighted by molar-refractivity contribution is 5.96. The maximum atomic E-state index is 12.7. The van der Waals surface area contributed by atoms with Gasteiger partial charge < -0.3 is 19.5 Å². The Morgan fingerprint density at radius 3 is 2.34 bits per heavy atom. The molecule has 1 aliphatic heterocycles. The van der Waals surface area contributed by atoms with Gasteiger partial charge in [0.05, 0.1) is 4.92 Å². The molecular weight excluding hydrogens is 376 g/mol. The maximum absolute atomic E-state index is 12.7. The van der Waals surface area contributed by atoms with Gasteiger partial charge >= 0.3 is 6.03 Å². The molecule has 4 rings (SSSR count). The zero-order chi connectivity index (χ0) is 20.4. The summed E-state index contributed by atoms with van der Waals surface area (Å²) in [7, 11) is 0. The molecule has 0 bridgehead atoms. The number of hydrogen-bond donors (Lipinski definition) is 1. The zero-order valence-corrected chi connectivity index (χ0v) is 15.4. The summed E-state index contributed by atoms with van der Waals surface area (Å²) in [5.74, 6) is 0.0453. The van der Waals surface area contributed by atoms with E-state index in [4.69, 9.17) is 4.42 Å². The molecule has 0 aliphatic carbocycles. The fraction of sp³-hybridized carbons (Fsp3) is 0.200. The Hall–Kier alpha value is -3.88. The summed E-state index contributed by atoms with van der Waals surface area (Å²) in [6, 6.07) is 14.6. The van der Waals surface area contributed by atoms with Gasteiger partial charge in [-0.2, -0.15) is 0 Å². The van der Waals surface area contributed by atoms with E-state index >= 15 is 0 Å². The van der Waals surface area contributed by atoms with Crippen LogP contribution in [0, 0.1) is 10.1 Å². The number of nitro groups is 1. The Bertz CT molecular complexity index is 1050. The second kappa shape index (κ2) is 7.63. The number of carbonyl (C=O) groups is 2. The summed E-state index contributed by atoms with van der Waals surface area (Å²) >= 11 is 0. The summed E-state index contributed by atoms with van der Waals surface area (Å²) in [5.41, 5.74) is 0.626. The largest absolute Gasteiger partial charge is 0.451 e. The summed E-state index contributed by atoms with van der Waals surface area (Å²) < 4.78 is 5.62. The van der Waals surface area contributed by atoms with Crippen LogP contribution in [0.4, 0.5) is 16.2 Å². The molecule has 3 amide bonds. The van der Waals surface area contributed by atoms with Crippen molar-refractivity contribution >= 4 is 34.3 Å². The van der Waals surface area contributed by atoms with Crippen LogP contribution in [0.3, 0.4) is 0 Å². The smallest absolute Gasteiger partial charge is 0.322 e. The number of anilines is 1. The third kappa shape index (κ3) is 3.75. The molecule has 0 atom stereocenters. The van der Waals surface area contributed by atoms with Crippen LogP contribution in [0.5, 0.6) is 0 Å². The molecule has 3 aromatic rings. The standard InChI is InChI=1S/C20H18N4O5/c25-19(18-13-14-5-1-4-8-17(14)29-18)22-9-11-23(12-10-22)20(26)21-15-6-2-3-7-16(15)24(27)28/h1-8,13H,9-12H2,(H,21,26). The molecule has 29 heavy (non-hydrogen) atoms. The molecule has 1 aliphatic rings. The van der Waals surface area contributed by atoms with E-state index in [1.54, 1.807) is 23.1 Å². The van der Waals surface area contributed by atoms with Crippen LogP contribution in [0.1, 0.15) is 10.6 Å². The first-order valence-electron chi connectivity index (χ1n) is 9.10. The molecule has 1 saturated heterocycles. The molecule has 1 N–H and O–H groups in total. The van der Waals surface area contributed by atoms with Crippen molar-refractivity contribution < 1.29 is 18.9 Å². The van der Waals surface area contributed by atoms with Gasteiger partial charge in [-0.1, -0.05) is 30.3 Å². The summed E-state index contributed by atoms with van der Waals surface area (Å²) in [6.07, 6.45) is 0. The fourth-order valence-corrected chi connectivity index (χ4v) is 3.29. The molecule has 9 nitrogen and oxygen atoms in total. The predicted octanol–water partition coefficient (Wildman–Crippen LogP) is 3.33. The highest BCUT2D eigenvalue weighted by atomic mass is 16.6. The molecule has 9 heteroatoms. The molecule has 0 unspecified atom stereocenters. The van der Waals surface area contributed by atoms with Gasteiger partial charge in [-0.05, 0) is 18.2 Å². The number of amides is 3. The van der Waals surface area contributed by atoms with Gasteiger partial charge in [0.25, 0.3) is 11.6 Å². The first kappa shape index (κ1) is 18.5. The third-order valence-electron chi connectivity index (χ3n) is 4.83. The topological polar surface area (TPSA) is 109 Å². The number of nitrogens with one attached hydrogen (secondary N) is 1. The van der Waals surface area contributed by atoms with Crippen molar-refractivity contribution in [1.82, 2.24) is 9.80 Å². The lowest BCUT2D eigenvalue weighted by molar-refractivity contribution is -0.383. The van der Waals surface area contributed by atoms with E-state index in [2.05, 4.69) is 5.32 Å². The Kier molecular flexibility index (Phi) is 4.86. The SMILES string of the molecule is O=C(Nc1ccccc1[N+](=O)[O-])N1CCN(C(=O)c2cc3ccccc3o2)CC1. The first-order chi connectivity index (χ1) is 14.0. The van der Waals surface area contributed by atoms with Crippen LogP contribution in [-0.4, -0.2) is 52.8 Å². The lowest BCUT2D eigenvalue weighted by atomic mass is 10.2. The second-order valence-electron chi connectivity index (χ2n) is 6.63. The minimum Gasteiger partial charge on any atom is -0.451 e. The molecule has 1 aromatic heterocycles. The van der Waals surface area contributed by atoms with Gasteiger partial charge in [-0.15, -0.1) is 0 Å². The number of benzene rings is 2. The van der Waals surface area contributed by atoms with E-state index in [0.29, 0.717) is 31.8 Å². The van der Waals surface area contributed by atoms with Crippen LogP contribution in [0.25, 0.3) is 11.0 Å². The van der Waals surface area contributed by atoms with Crippen molar-refractivity contribution in [2.75, 3.05) is 31.5 Å². The third-order valence-corrected chi connectivity index (χ3v) is 4.83. The van der Waals surface area contributed by atoms with Crippen molar-refractivity contribution in [2.24, 2.45) is 0 Å². The number of fused-ring (bicyclic) bond motifs is 1. The molecule has 0 radical (unpaired) electrons. The maximum Gasteiger partial charge on any atom is 0.322 e. The van der Waals surface area contributed by atoms with Crippen LogP contribution in [-0.2, 0) is 0 Å². The molecule has 0 saturated carbocycles. The van der Waals surface area contributed by atoms with Crippen molar-refractivity contribution in [1.29, 1.82) is 0 Å². The van der Waals surface area contributed by atoms with Crippen LogP contribution in [0.15, 0.2) is 59.0 Å². The average Bonchev–Trinajstić information content (AvgIpc) is 3.18. The van der Waals surface area contributed by atoms with E-state index in [0.717, 1.165) is 5.39 Å². The Morgan fingerprint density at radius 1 is 0.966 bits per heavy atom. The van der Waals surface area contributed by atoms with E-state index in [1.807, 2.05) is 18.2 Å². The molecule has 1 fully saturated rings. The number of nitro benzene ring substituents is 1. The van der Waals surface area contributed by atoms with E-state index in [1.165, 1.54) is 23.1 Å². The average molecular weight is 394 g/mol. The zero-order valence-electron chi connectivity index (χ0n) is 15.4. The van der Waals surface area contributed by atoms with E-state index in [-0.39, 0.29) is 23.0 Å². The summed E-state index contributed by atoms with van der Waals surface area (Å²) in [6.45, 7) is 1.33. The molecular formula is C20H18N4O5. The monoisotopic (exact) mass is 394 g/mol. The number of para-hydroxylation sites is 3. The van der Waals surface area contributed by atoms with Gasteiger partial charge in [0.2, 0.25) is 0 Å². The quantitative estimate of drug-likeness (QED) is 0.541. The Morgan fingerprint density at radius 2 is 1.62 bits per heavy atom. The van der Waals surface area contributed by atoms with Crippen molar-refractivity contribution in [3.63, 3.8) is 0 Å². The van der Waals surface area contributed by atoms with Gasteiger partial charge in [0.1, 0.15) is 11.3 Å². The number of carbonyl (C=O) groups excluding carboxylic acids is 2. The summed E-state index contributed by atoms with van der Waals surface area (Å²) in [4.78, 5) is 38.9. The van der Waals surface area contributed by atoms with E-state index in [9.17, 15) is 19.7 Å². The van der Waals surface area contributed by atoms with Gasteiger partial charge in [-0.25, -0.2) is 4.79 Å². The molecule has 0 spiro atoms. The van der Waals surface area contributed by atoms with Crippen LogP contribution in [0.2, 0.25) is 0 Å². The fourth-order valence-electron chi connectivity index (χ4n) is 3.29. The lowest BCUT2D eigenvalue weighted by Gasteiger charge is -2.34. The number of hydrogen-bond acceptors (Lipinski definition) is 5. The number of piperazine rings is 1. The Labute approximate surface area is 165 Å². The van der Waals surface area contributed by atoms with Gasteiger partial charge in [-0.3, -0.25) is 14.9 Å². The number of rotatable bonds is 3. The van der Waals surface area contributed by atoms with Crippen molar-refractivity contribution in [3.05, 3.63) is 70.5 Å². The summed E-state index contributed by atoms with van der Waals surface area (Å²) in [5, 5.41) is 14.5. The normalized spacial score (nSPS) is 14.1. The van der Waals surface area contributed by atoms with Crippen molar-refractivity contribution in [2.45, 2.75) is 0 Å². The van der Waals surface area contributed by atoms with Crippen molar-refractivity contribution in [3.8, 4) is 0 Å². The highest BCUT2D eigenvalue weighted by Crippen LogP contribution is 2.24. The molecule has 148 valence electrons. The number of nitrogens with zero attached hydrogens (tertiary/aromatic N) is 3. The van der Waals surface area contributed by atoms with Gasteiger partial charge in [0, 0.05) is 37.6 Å². The minimum atomic E-state index is -0.542. The molecule has 2 aromatic carbocycles. The predicted molar refractivity (Wildman–Crippen MR) is 106 cm³/mol. The second-order valence-corrected chi connectivity index (χ2v) is 6.63. The number of urea groups is 1. The molecule has 2 heterocycles. The number of furan rings is 1. The minimum absolute atomic E-state index is 0.142. The van der Waals surface area contributed by atoms with Crippen LogP contribution < -0.4 is 5.32 Å².